The standard InChI is InChI=1S/C15H28N2O/c1-14(2,3)16-13(18)17-11-9-15(10-12-17)7-5-4-6-8-15/h4-12H2,1-3H3,(H,16,18). The maximum Gasteiger partial charge on any atom is 0.317 e. The lowest BCUT2D eigenvalue weighted by Gasteiger charge is -2.44. The van der Waals surface area contributed by atoms with E-state index in [0.29, 0.717) is 5.41 Å². The van der Waals surface area contributed by atoms with Crippen molar-refractivity contribution in [2.75, 3.05) is 13.1 Å². The highest BCUT2D eigenvalue weighted by Crippen LogP contribution is 2.44. The Hall–Kier alpha value is -0.730. The van der Waals surface area contributed by atoms with Crippen molar-refractivity contribution in [1.82, 2.24) is 10.2 Å². The van der Waals surface area contributed by atoms with Gasteiger partial charge in [-0.2, -0.15) is 0 Å². The molecule has 1 N–H and O–H groups in total. The molecule has 18 heavy (non-hydrogen) atoms. The van der Waals surface area contributed by atoms with Gasteiger partial charge in [-0.1, -0.05) is 19.3 Å². The van der Waals surface area contributed by atoms with Crippen LogP contribution in [0.4, 0.5) is 4.79 Å². The van der Waals surface area contributed by atoms with E-state index in [9.17, 15) is 4.79 Å². The maximum absolute atomic E-state index is 12.1. The minimum atomic E-state index is -0.128. The van der Waals surface area contributed by atoms with Crippen molar-refractivity contribution in [3.8, 4) is 0 Å². The number of amides is 2. The summed E-state index contributed by atoms with van der Waals surface area (Å²) in [6.45, 7) is 8.01. The highest BCUT2D eigenvalue weighted by molar-refractivity contribution is 5.75. The SMILES string of the molecule is CC(C)(C)NC(=O)N1CCC2(CCCCC2)CC1. The van der Waals surface area contributed by atoms with Crippen LogP contribution in [0.2, 0.25) is 0 Å². The number of nitrogens with zero attached hydrogens (tertiary/aromatic N) is 1. The monoisotopic (exact) mass is 252 g/mol. The number of piperidine rings is 1. The molecule has 0 aromatic heterocycles. The van der Waals surface area contributed by atoms with Gasteiger partial charge in [0.25, 0.3) is 0 Å². The van der Waals surface area contributed by atoms with E-state index in [-0.39, 0.29) is 11.6 Å². The second-order valence-corrected chi connectivity index (χ2v) is 7.23. The second-order valence-electron chi connectivity index (χ2n) is 7.23. The first kappa shape index (κ1) is 13.7. The van der Waals surface area contributed by atoms with E-state index in [4.69, 9.17) is 0 Å². The average Bonchev–Trinajstić information content (AvgIpc) is 2.28. The van der Waals surface area contributed by atoms with Crippen LogP contribution in [0.15, 0.2) is 0 Å². The molecule has 3 heteroatoms. The molecule has 2 aliphatic rings. The molecule has 0 bridgehead atoms. The van der Waals surface area contributed by atoms with Crippen LogP contribution in [0, 0.1) is 5.41 Å². The van der Waals surface area contributed by atoms with Gasteiger partial charge in [0.15, 0.2) is 0 Å². The van der Waals surface area contributed by atoms with Gasteiger partial charge in [-0.25, -0.2) is 4.79 Å². The molecule has 0 atom stereocenters. The van der Waals surface area contributed by atoms with Crippen molar-refractivity contribution in [2.24, 2.45) is 5.41 Å². The lowest BCUT2D eigenvalue weighted by molar-refractivity contribution is 0.0794. The van der Waals surface area contributed by atoms with Gasteiger partial charge in [0, 0.05) is 18.6 Å². The van der Waals surface area contributed by atoms with Crippen molar-refractivity contribution >= 4 is 6.03 Å². The van der Waals surface area contributed by atoms with Crippen molar-refractivity contribution < 1.29 is 4.79 Å². The van der Waals surface area contributed by atoms with E-state index >= 15 is 0 Å². The van der Waals surface area contributed by atoms with E-state index in [1.165, 1.54) is 44.9 Å². The molecule has 2 rings (SSSR count). The number of likely N-dealkylation sites (tertiary alicyclic amines) is 1. The molecule has 0 unspecified atom stereocenters. The third-order valence-electron chi connectivity index (χ3n) is 4.51. The van der Waals surface area contributed by atoms with Crippen molar-refractivity contribution in [1.29, 1.82) is 0 Å². The maximum atomic E-state index is 12.1. The predicted molar refractivity (Wildman–Crippen MR) is 74.6 cm³/mol. The van der Waals surface area contributed by atoms with Gasteiger partial charge in [0.1, 0.15) is 0 Å². The summed E-state index contributed by atoms with van der Waals surface area (Å²) in [6, 6.07) is 0.119. The van der Waals surface area contributed by atoms with Crippen LogP contribution < -0.4 is 5.32 Å². The molecule has 1 spiro atoms. The minimum Gasteiger partial charge on any atom is -0.333 e. The topological polar surface area (TPSA) is 32.3 Å². The molecular formula is C15H28N2O. The summed E-state index contributed by atoms with van der Waals surface area (Å²) < 4.78 is 0. The predicted octanol–water partition coefficient (Wildman–Crippen LogP) is 3.54. The fourth-order valence-corrected chi connectivity index (χ4v) is 3.39. The summed E-state index contributed by atoms with van der Waals surface area (Å²) in [7, 11) is 0. The Balaban J connectivity index is 1.84. The Bertz CT molecular complexity index is 290. The number of carbonyl (C=O) groups excluding carboxylic acids is 1. The molecule has 0 aromatic rings. The lowest BCUT2D eigenvalue weighted by atomic mass is 9.68. The molecule has 1 saturated heterocycles. The van der Waals surface area contributed by atoms with Gasteiger partial charge in [-0.15, -0.1) is 0 Å². The molecule has 3 nitrogen and oxygen atoms in total. The van der Waals surface area contributed by atoms with Crippen LogP contribution in [0.25, 0.3) is 0 Å². The van der Waals surface area contributed by atoms with Crippen molar-refractivity contribution in [3.63, 3.8) is 0 Å². The molecule has 1 aliphatic carbocycles. The molecular weight excluding hydrogens is 224 g/mol. The third kappa shape index (κ3) is 3.39. The summed E-state index contributed by atoms with van der Waals surface area (Å²) in [5, 5.41) is 3.07. The summed E-state index contributed by atoms with van der Waals surface area (Å²) in [5.74, 6) is 0. The number of carbonyl (C=O) groups is 1. The van der Waals surface area contributed by atoms with E-state index in [1.54, 1.807) is 0 Å². The zero-order valence-electron chi connectivity index (χ0n) is 12.2. The van der Waals surface area contributed by atoms with Gasteiger partial charge >= 0.3 is 6.03 Å². The number of rotatable bonds is 0. The second kappa shape index (κ2) is 5.10. The van der Waals surface area contributed by atoms with Crippen LogP contribution in [0.1, 0.15) is 65.7 Å². The van der Waals surface area contributed by atoms with Gasteiger partial charge in [0.05, 0.1) is 0 Å². The summed E-state index contributed by atoms with van der Waals surface area (Å²) in [4.78, 5) is 14.1. The zero-order valence-corrected chi connectivity index (χ0v) is 12.2. The van der Waals surface area contributed by atoms with Gasteiger partial charge in [0.2, 0.25) is 0 Å². The first-order valence-corrected chi connectivity index (χ1v) is 7.47. The zero-order chi connectivity index (χ0) is 13.2. The average molecular weight is 252 g/mol. The fourth-order valence-electron chi connectivity index (χ4n) is 3.39. The molecule has 0 radical (unpaired) electrons. The lowest BCUT2D eigenvalue weighted by Crippen LogP contribution is -2.52. The number of hydrogen-bond acceptors (Lipinski definition) is 1. The Morgan fingerprint density at radius 2 is 1.56 bits per heavy atom. The summed E-state index contributed by atoms with van der Waals surface area (Å²) in [5.41, 5.74) is 0.452. The van der Waals surface area contributed by atoms with Gasteiger partial charge < -0.3 is 10.2 Å². The minimum absolute atomic E-state index is 0.119. The van der Waals surface area contributed by atoms with E-state index in [0.717, 1.165) is 13.1 Å². The summed E-state index contributed by atoms with van der Waals surface area (Å²) in [6.07, 6.45) is 9.41. The number of nitrogens with one attached hydrogen (secondary N) is 1. The van der Waals surface area contributed by atoms with Gasteiger partial charge in [-0.3, -0.25) is 0 Å². The molecule has 2 fully saturated rings. The number of hydrogen-bond donors (Lipinski definition) is 1. The number of urea groups is 1. The quantitative estimate of drug-likeness (QED) is 0.702. The van der Waals surface area contributed by atoms with Crippen LogP contribution in [0.3, 0.4) is 0 Å². The highest BCUT2D eigenvalue weighted by atomic mass is 16.2. The third-order valence-corrected chi connectivity index (χ3v) is 4.51. The first-order chi connectivity index (χ1) is 8.40. The Morgan fingerprint density at radius 3 is 2.06 bits per heavy atom. The Morgan fingerprint density at radius 1 is 1.00 bits per heavy atom. The van der Waals surface area contributed by atoms with Gasteiger partial charge in [-0.05, 0) is 51.9 Å². The highest BCUT2D eigenvalue weighted by Gasteiger charge is 2.36. The smallest absolute Gasteiger partial charge is 0.317 e. The fraction of sp³-hybridized carbons (Fsp3) is 0.933. The molecule has 2 amide bonds. The van der Waals surface area contributed by atoms with Crippen molar-refractivity contribution in [2.45, 2.75) is 71.3 Å². The first-order valence-electron chi connectivity index (χ1n) is 7.47. The van der Waals surface area contributed by atoms with Crippen LogP contribution in [-0.4, -0.2) is 29.6 Å². The van der Waals surface area contributed by atoms with E-state index in [2.05, 4.69) is 5.32 Å². The molecule has 104 valence electrons. The van der Waals surface area contributed by atoms with Crippen LogP contribution in [-0.2, 0) is 0 Å². The Labute approximate surface area is 111 Å². The van der Waals surface area contributed by atoms with Crippen LogP contribution in [0.5, 0.6) is 0 Å². The molecule has 1 aliphatic heterocycles. The largest absolute Gasteiger partial charge is 0.333 e. The normalized spacial score (nSPS) is 24.1. The summed E-state index contributed by atoms with van der Waals surface area (Å²) >= 11 is 0. The van der Waals surface area contributed by atoms with Crippen molar-refractivity contribution in [3.05, 3.63) is 0 Å². The van der Waals surface area contributed by atoms with E-state index < -0.39 is 0 Å². The molecule has 1 heterocycles. The van der Waals surface area contributed by atoms with Crippen LogP contribution >= 0.6 is 0 Å². The van der Waals surface area contributed by atoms with E-state index in [1.807, 2.05) is 25.7 Å². The molecule has 0 aromatic carbocycles. The molecule has 1 saturated carbocycles. The Kier molecular flexibility index (Phi) is 3.88.